The first-order valence-corrected chi connectivity index (χ1v) is 9.64. The SMILES string of the molecule is CN(Cc1ccc2c(c1)OCO2)C(=O)NC1CCN(c2ncccc2C#N)CC1. The van der Waals surface area contributed by atoms with Gasteiger partial charge in [-0.05, 0) is 42.7 Å². The lowest BCUT2D eigenvalue weighted by molar-refractivity contribution is 0.174. The standard InChI is InChI=1S/C21H23N5O3/c1-25(13-15-4-5-18-19(11-15)29-14-28-18)21(27)24-17-6-9-26(10-7-17)20-16(12-22)3-2-8-23-20/h2-5,8,11,17H,6-7,9-10,13-14H2,1H3,(H,24,27). The average Bonchev–Trinajstić information content (AvgIpc) is 3.22. The number of rotatable bonds is 4. The van der Waals surface area contributed by atoms with E-state index in [1.165, 1.54) is 0 Å². The van der Waals surface area contributed by atoms with Crippen LogP contribution in [0.15, 0.2) is 36.5 Å². The number of benzene rings is 1. The Labute approximate surface area is 169 Å². The van der Waals surface area contributed by atoms with Crippen molar-refractivity contribution in [2.45, 2.75) is 25.4 Å². The Bertz CT molecular complexity index is 934. The van der Waals surface area contributed by atoms with E-state index in [1.807, 2.05) is 18.2 Å². The monoisotopic (exact) mass is 393 g/mol. The number of nitrogens with one attached hydrogen (secondary N) is 1. The number of carbonyl (C=O) groups excluding carboxylic acids is 1. The van der Waals surface area contributed by atoms with Crippen molar-refractivity contribution in [3.8, 4) is 17.6 Å². The highest BCUT2D eigenvalue weighted by Gasteiger charge is 2.24. The van der Waals surface area contributed by atoms with E-state index in [0.29, 0.717) is 12.1 Å². The van der Waals surface area contributed by atoms with Gasteiger partial charge in [-0.3, -0.25) is 0 Å². The largest absolute Gasteiger partial charge is 0.454 e. The van der Waals surface area contributed by atoms with E-state index in [9.17, 15) is 10.1 Å². The van der Waals surface area contributed by atoms with E-state index in [1.54, 1.807) is 30.3 Å². The van der Waals surface area contributed by atoms with Crippen LogP contribution in [0.5, 0.6) is 11.5 Å². The Morgan fingerprint density at radius 3 is 2.90 bits per heavy atom. The molecule has 0 atom stereocenters. The normalized spacial score (nSPS) is 15.7. The smallest absolute Gasteiger partial charge is 0.317 e. The summed E-state index contributed by atoms with van der Waals surface area (Å²) in [5.41, 5.74) is 1.57. The van der Waals surface area contributed by atoms with Crippen molar-refractivity contribution in [2.75, 3.05) is 31.8 Å². The van der Waals surface area contributed by atoms with Crippen LogP contribution >= 0.6 is 0 Å². The van der Waals surface area contributed by atoms with Crippen molar-refractivity contribution in [3.63, 3.8) is 0 Å². The molecule has 1 N–H and O–H groups in total. The van der Waals surface area contributed by atoms with Gasteiger partial charge < -0.3 is 24.6 Å². The van der Waals surface area contributed by atoms with Gasteiger partial charge >= 0.3 is 6.03 Å². The highest BCUT2D eigenvalue weighted by Crippen LogP contribution is 2.32. The van der Waals surface area contributed by atoms with Gasteiger partial charge in [-0.1, -0.05) is 6.07 Å². The first kappa shape index (κ1) is 18.9. The molecule has 150 valence electrons. The number of piperidine rings is 1. The number of fused-ring (bicyclic) bond motifs is 1. The van der Waals surface area contributed by atoms with Crippen molar-refractivity contribution < 1.29 is 14.3 Å². The number of nitrogens with zero attached hydrogens (tertiary/aromatic N) is 4. The van der Waals surface area contributed by atoms with Crippen molar-refractivity contribution >= 4 is 11.8 Å². The molecule has 1 saturated heterocycles. The van der Waals surface area contributed by atoms with Crippen LogP contribution in [-0.4, -0.2) is 48.9 Å². The Balaban J connectivity index is 1.29. The second-order valence-corrected chi connectivity index (χ2v) is 7.24. The third kappa shape index (κ3) is 4.19. The lowest BCUT2D eigenvalue weighted by Crippen LogP contribution is -2.48. The molecule has 4 rings (SSSR count). The number of hydrogen-bond acceptors (Lipinski definition) is 6. The number of nitriles is 1. The number of amides is 2. The molecule has 0 saturated carbocycles. The van der Waals surface area contributed by atoms with E-state index in [0.717, 1.165) is 48.8 Å². The van der Waals surface area contributed by atoms with Gasteiger partial charge in [-0.25, -0.2) is 9.78 Å². The Morgan fingerprint density at radius 2 is 2.10 bits per heavy atom. The number of hydrogen-bond donors (Lipinski definition) is 1. The van der Waals surface area contributed by atoms with Gasteiger partial charge in [0.2, 0.25) is 6.79 Å². The van der Waals surface area contributed by atoms with E-state index < -0.39 is 0 Å². The molecular formula is C21H23N5O3. The molecule has 1 aromatic heterocycles. The lowest BCUT2D eigenvalue weighted by Gasteiger charge is -2.34. The highest BCUT2D eigenvalue weighted by molar-refractivity contribution is 5.74. The number of carbonyl (C=O) groups is 1. The summed E-state index contributed by atoms with van der Waals surface area (Å²) >= 11 is 0. The molecule has 0 bridgehead atoms. The van der Waals surface area contributed by atoms with Gasteiger partial charge in [0.15, 0.2) is 11.5 Å². The summed E-state index contributed by atoms with van der Waals surface area (Å²) in [6.07, 6.45) is 3.32. The fourth-order valence-electron chi connectivity index (χ4n) is 3.64. The molecule has 8 heteroatoms. The molecule has 2 aromatic rings. The van der Waals surface area contributed by atoms with Crippen LogP contribution < -0.4 is 19.7 Å². The number of pyridine rings is 1. The van der Waals surface area contributed by atoms with Crippen LogP contribution in [0.4, 0.5) is 10.6 Å². The van der Waals surface area contributed by atoms with Crippen LogP contribution in [-0.2, 0) is 6.54 Å². The lowest BCUT2D eigenvalue weighted by atomic mass is 10.0. The predicted octanol–water partition coefficient (Wildman–Crippen LogP) is 2.49. The van der Waals surface area contributed by atoms with E-state index in [-0.39, 0.29) is 18.9 Å². The zero-order valence-corrected chi connectivity index (χ0v) is 16.3. The quantitative estimate of drug-likeness (QED) is 0.858. The molecule has 0 spiro atoms. The second-order valence-electron chi connectivity index (χ2n) is 7.24. The number of anilines is 1. The molecule has 2 aliphatic heterocycles. The van der Waals surface area contributed by atoms with Gasteiger partial charge in [-0.2, -0.15) is 5.26 Å². The van der Waals surface area contributed by atoms with Crippen molar-refractivity contribution in [1.29, 1.82) is 5.26 Å². The summed E-state index contributed by atoms with van der Waals surface area (Å²) in [6.45, 7) is 2.23. The van der Waals surface area contributed by atoms with Gasteiger partial charge in [0, 0.05) is 38.9 Å². The number of ether oxygens (including phenoxy) is 2. The minimum absolute atomic E-state index is 0.100. The number of urea groups is 1. The first-order valence-electron chi connectivity index (χ1n) is 9.64. The topological polar surface area (TPSA) is 90.7 Å². The minimum atomic E-state index is -0.100. The minimum Gasteiger partial charge on any atom is -0.454 e. The molecule has 0 unspecified atom stereocenters. The van der Waals surface area contributed by atoms with Gasteiger partial charge in [0.05, 0.1) is 5.56 Å². The Morgan fingerprint density at radius 1 is 1.31 bits per heavy atom. The summed E-state index contributed by atoms with van der Waals surface area (Å²) in [7, 11) is 1.78. The van der Waals surface area contributed by atoms with Crippen LogP contribution in [0.1, 0.15) is 24.0 Å². The van der Waals surface area contributed by atoms with Gasteiger partial charge in [0.25, 0.3) is 0 Å². The van der Waals surface area contributed by atoms with Crippen LogP contribution in [0, 0.1) is 11.3 Å². The highest BCUT2D eigenvalue weighted by atomic mass is 16.7. The summed E-state index contributed by atoms with van der Waals surface area (Å²) in [4.78, 5) is 20.7. The molecule has 2 aliphatic rings. The van der Waals surface area contributed by atoms with E-state index in [4.69, 9.17) is 9.47 Å². The summed E-state index contributed by atoms with van der Waals surface area (Å²) in [6, 6.07) is 11.5. The molecule has 1 aromatic carbocycles. The fourth-order valence-corrected chi connectivity index (χ4v) is 3.64. The van der Waals surface area contributed by atoms with Crippen LogP contribution in [0.25, 0.3) is 0 Å². The molecule has 3 heterocycles. The number of aromatic nitrogens is 1. The predicted molar refractivity (Wildman–Crippen MR) is 107 cm³/mol. The third-order valence-corrected chi connectivity index (χ3v) is 5.23. The van der Waals surface area contributed by atoms with Crippen molar-refractivity contribution in [1.82, 2.24) is 15.2 Å². The molecule has 2 amide bonds. The summed E-state index contributed by atoms with van der Waals surface area (Å²) in [5, 5.41) is 12.4. The molecule has 0 radical (unpaired) electrons. The van der Waals surface area contributed by atoms with Crippen LogP contribution in [0.3, 0.4) is 0 Å². The summed E-state index contributed by atoms with van der Waals surface area (Å²) in [5.74, 6) is 2.18. The van der Waals surface area contributed by atoms with Crippen LogP contribution in [0.2, 0.25) is 0 Å². The first-order chi connectivity index (χ1) is 14.1. The zero-order valence-electron chi connectivity index (χ0n) is 16.3. The maximum Gasteiger partial charge on any atom is 0.317 e. The maximum absolute atomic E-state index is 12.6. The molecule has 29 heavy (non-hydrogen) atoms. The average molecular weight is 393 g/mol. The molecule has 1 fully saturated rings. The van der Waals surface area contributed by atoms with E-state index in [2.05, 4.69) is 21.3 Å². The molecule has 0 aliphatic carbocycles. The molecular weight excluding hydrogens is 370 g/mol. The fraction of sp³-hybridized carbons (Fsp3) is 0.381. The Kier molecular flexibility index (Phi) is 5.38. The van der Waals surface area contributed by atoms with Gasteiger partial charge in [0.1, 0.15) is 11.9 Å². The molecule has 8 nitrogen and oxygen atoms in total. The summed E-state index contributed by atoms with van der Waals surface area (Å²) < 4.78 is 10.7. The van der Waals surface area contributed by atoms with Gasteiger partial charge in [-0.15, -0.1) is 0 Å². The van der Waals surface area contributed by atoms with E-state index >= 15 is 0 Å². The van der Waals surface area contributed by atoms with Crippen molar-refractivity contribution in [3.05, 3.63) is 47.7 Å². The third-order valence-electron chi connectivity index (χ3n) is 5.23. The zero-order chi connectivity index (χ0) is 20.2. The maximum atomic E-state index is 12.6. The second kappa shape index (κ2) is 8.27. The van der Waals surface area contributed by atoms with Crippen molar-refractivity contribution in [2.24, 2.45) is 0 Å². The Hall–Kier alpha value is -3.47.